The van der Waals surface area contributed by atoms with Crippen molar-refractivity contribution in [1.82, 2.24) is 9.21 Å². The molecule has 29 heavy (non-hydrogen) atoms. The maximum Gasteiger partial charge on any atom is 0.289 e. The van der Waals surface area contributed by atoms with Crippen molar-refractivity contribution in [2.45, 2.75) is 4.90 Å². The number of nitrogens with zero attached hydrogens (tertiary/aromatic N) is 3. The van der Waals surface area contributed by atoms with Crippen molar-refractivity contribution in [2.75, 3.05) is 38.0 Å². The Hall–Kier alpha value is -2.34. The molecule has 1 saturated heterocycles. The average molecular weight is 483 g/mol. The van der Waals surface area contributed by atoms with Crippen molar-refractivity contribution < 1.29 is 18.1 Å². The zero-order chi connectivity index (χ0) is 21.0. The Bertz CT molecular complexity index is 1020. The molecule has 2 aromatic carbocycles. The van der Waals surface area contributed by atoms with Gasteiger partial charge in [-0.3, -0.25) is 19.8 Å². The second-order valence-corrected chi connectivity index (χ2v) is 9.19. The molecule has 1 amide bonds. The van der Waals surface area contributed by atoms with E-state index in [2.05, 4.69) is 21.2 Å². The van der Waals surface area contributed by atoms with Crippen LogP contribution in [0.25, 0.3) is 0 Å². The number of halogens is 1. The van der Waals surface area contributed by atoms with Gasteiger partial charge < -0.3 is 5.32 Å². The monoisotopic (exact) mass is 482 g/mol. The zero-order valence-corrected chi connectivity index (χ0v) is 17.7. The lowest BCUT2D eigenvalue weighted by molar-refractivity contribution is -0.387. The van der Waals surface area contributed by atoms with E-state index in [0.29, 0.717) is 18.8 Å². The van der Waals surface area contributed by atoms with Crippen LogP contribution < -0.4 is 5.32 Å². The second kappa shape index (κ2) is 8.99. The molecule has 11 heteroatoms. The van der Waals surface area contributed by atoms with Crippen LogP contribution in [0.5, 0.6) is 0 Å². The van der Waals surface area contributed by atoms with E-state index in [9.17, 15) is 23.3 Å². The van der Waals surface area contributed by atoms with Crippen molar-refractivity contribution in [1.29, 1.82) is 0 Å². The number of amides is 1. The molecule has 0 aromatic heterocycles. The number of sulfonamides is 1. The quantitative estimate of drug-likeness (QED) is 0.499. The number of nitro groups is 1. The number of rotatable bonds is 6. The van der Waals surface area contributed by atoms with Crippen molar-refractivity contribution >= 4 is 43.2 Å². The summed E-state index contributed by atoms with van der Waals surface area (Å²) in [5.74, 6) is -0.202. The minimum absolute atomic E-state index is 0.126. The molecule has 1 aliphatic heterocycles. The molecule has 154 valence electrons. The van der Waals surface area contributed by atoms with E-state index in [4.69, 9.17) is 0 Å². The number of hydrogen-bond acceptors (Lipinski definition) is 6. The van der Waals surface area contributed by atoms with Crippen LogP contribution in [0.4, 0.5) is 11.4 Å². The smallest absolute Gasteiger partial charge is 0.289 e. The summed E-state index contributed by atoms with van der Waals surface area (Å²) < 4.78 is 27.7. The van der Waals surface area contributed by atoms with Gasteiger partial charge in [0, 0.05) is 36.7 Å². The van der Waals surface area contributed by atoms with Crippen molar-refractivity contribution in [3.63, 3.8) is 0 Å². The fraction of sp³-hybridized carbons (Fsp3) is 0.278. The first-order valence-corrected chi connectivity index (χ1v) is 11.0. The lowest BCUT2D eigenvalue weighted by atomic mass is 10.3. The van der Waals surface area contributed by atoms with E-state index in [1.165, 1.54) is 28.6 Å². The summed E-state index contributed by atoms with van der Waals surface area (Å²) in [5.41, 5.74) is 0.220. The number of piperazine rings is 1. The summed E-state index contributed by atoms with van der Waals surface area (Å²) in [5, 5.41) is 14.0. The molecule has 9 nitrogen and oxygen atoms in total. The number of benzene rings is 2. The summed E-state index contributed by atoms with van der Waals surface area (Å²) in [4.78, 5) is 24.3. The standard InChI is InChI=1S/C18H19BrN4O5S/c19-14-5-1-2-6-15(14)20-18(24)13-21-9-11-22(12-10-21)29(27,28)17-8-4-3-7-16(17)23(25)26/h1-8H,9-13H2,(H,20,24). The highest BCUT2D eigenvalue weighted by Crippen LogP contribution is 2.27. The molecule has 0 radical (unpaired) electrons. The van der Waals surface area contributed by atoms with E-state index in [1.807, 2.05) is 23.1 Å². The van der Waals surface area contributed by atoms with Crippen molar-refractivity contribution in [3.8, 4) is 0 Å². The topological polar surface area (TPSA) is 113 Å². The molecular weight excluding hydrogens is 464 g/mol. The number of carbonyl (C=O) groups excluding carboxylic acids is 1. The maximum absolute atomic E-state index is 12.8. The Morgan fingerprint density at radius 1 is 1.07 bits per heavy atom. The molecule has 0 aliphatic carbocycles. The summed E-state index contributed by atoms with van der Waals surface area (Å²) >= 11 is 3.37. The molecule has 1 aliphatic rings. The highest BCUT2D eigenvalue weighted by Gasteiger charge is 2.33. The molecule has 0 spiro atoms. The van der Waals surface area contributed by atoms with Gasteiger partial charge in [-0.25, -0.2) is 8.42 Å². The summed E-state index contributed by atoms with van der Waals surface area (Å²) in [6, 6.07) is 12.6. The third-order valence-corrected chi connectivity index (χ3v) is 7.16. The van der Waals surface area contributed by atoms with Crippen LogP contribution >= 0.6 is 15.9 Å². The molecule has 1 N–H and O–H groups in total. The van der Waals surface area contributed by atoms with Crippen LogP contribution in [0, 0.1) is 10.1 Å². The molecule has 3 rings (SSSR count). The van der Waals surface area contributed by atoms with Gasteiger partial charge in [-0.05, 0) is 34.1 Å². The maximum atomic E-state index is 12.8. The number of anilines is 1. The van der Waals surface area contributed by atoms with E-state index in [1.54, 1.807) is 6.07 Å². The summed E-state index contributed by atoms with van der Waals surface area (Å²) in [7, 11) is -3.99. The van der Waals surface area contributed by atoms with Gasteiger partial charge in [0.05, 0.1) is 17.2 Å². The minimum Gasteiger partial charge on any atom is -0.324 e. The Kier molecular flexibility index (Phi) is 6.63. The first-order chi connectivity index (χ1) is 13.8. The number of carbonyl (C=O) groups is 1. The largest absolute Gasteiger partial charge is 0.324 e. The molecule has 0 unspecified atom stereocenters. The van der Waals surface area contributed by atoms with Gasteiger partial charge in [0.1, 0.15) is 0 Å². The fourth-order valence-electron chi connectivity index (χ4n) is 3.05. The normalized spacial score (nSPS) is 15.8. The second-order valence-electron chi connectivity index (χ2n) is 6.43. The third-order valence-electron chi connectivity index (χ3n) is 4.53. The number of para-hydroxylation sites is 2. The van der Waals surface area contributed by atoms with E-state index in [0.717, 1.165) is 4.47 Å². The van der Waals surface area contributed by atoms with Crippen LogP contribution in [-0.4, -0.2) is 61.2 Å². The molecule has 1 heterocycles. The van der Waals surface area contributed by atoms with Crippen molar-refractivity contribution in [2.24, 2.45) is 0 Å². The minimum atomic E-state index is -3.99. The van der Waals surface area contributed by atoms with Gasteiger partial charge in [-0.2, -0.15) is 4.31 Å². The Balaban J connectivity index is 1.61. The fourth-order valence-corrected chi connectivity index (χ4v) is 5.01. The van der Waals surface area contributed by atoms with Gasteiger partial charge in [0.15, 0.2) is 4.90 Å². The molecule has 2 aromatic rings. The van der Waals surface area contributed by atoms with Crippen LogP contribution in [0.1, 0.15) is 0 Å². The Morgan fingerprint density at radius 3 is 2.34 bits per heavy atom. The zero-order valence-electron chi connectivity index (χ0n) is 15.3. The lowest BCUT2D eigenvalue weighted by Gasteiger charge is -2.33. The summed E-state index contributed by atoms with van der Waals surface area (Å²) in [6.45, 7) is 1.13. The van der Waals surface area contributed by atoms with Crippen LogP contribution in [0.3, 0.4) is 0 Å². The van der Waals surface area contributed by atoms with Gasteiger partial charge in [-0.1, -0.05) is 24.3 Å². The number of nitrogens with one attached hydrogen (secondary N) is 1. The van der Waals surface area contributed by atoms with E-state index < -0.39 is 20.6 Å². The first kappa shape index (κ1) is 21.4. The van der Waals surface area contributed by atoms with Gasteiger partial charge in [0.2, 0.25) is 15.9 Å². The number of hydrogen-bond donors (Lipinski definition) is 1. The predicted octanol–water partition coefficient (Wildman–Crippen LogP) is 2.30. The van der Waals surface area contributed by atoms with Gasteiger partial charge >= 0.3 is 0 Å². The summed E-state index contributed by atoms with van der Waals surface area (Å²) in [6.07, 6.45) is 0. The van der Waals surface area contributed by atoms with Gasteiger partial charge in [-0.15, -0.1) is 0 Å². The SMILES string of the molecule is O=C(CN1CCN(S(=O)(=O)c2ccccc2[N+](=O)[O-])CC1)Nc1ccccc1Br. The number of nitro benzene ring substituents is 1. The Morgan fingerprint density at radius 2 is 1.69 bits per heavy atom. The molecule has 1 fully saturated rings. The lowest BCUT2D eigenvalue weighted by Crippen LogP contribution is -2.50. The van der Waals surface area contributed by atoms with Crippen LogP contribution in [-0.2, 0) is 14.8 Å². The Labute approximate surface area is 176 Å². The third kappa shape index (κ3) is 4.99. The van der Waals surface area contributed by atoms with Gasteiger partial charge in [0.25, 0.3) is 5.69 Å². The van der Waals surface area contributed by atoms with E-state index >= 15 is 0 Å². The van der Waals surface area contributed by atoms with Crippen molar-refractivity contribution in [3.05, 3.63) is 63.1 Å². The molecule has 0 saturated carbocycles. The molecule has 0 atom stereocenters. The molecule has 0 bridgehead atoms. The highest BCUT2D eigenvalue weighted by atomic mass is 79.9. The van der Waals surface area contributed by atoms with Crippen LogP contribution in [0.2, 0.25) is 0 Å². The highest BCUT2D eigenvalue weighted by molar-refractivity contribution is 9.10. The van der Waals surface area contributed by atoms with Crippen LogP contribution in [0.15, 0.2) is 57.9 Å². The average Bonchev–Trinajstić information content (AvgIpc) is 2.70. The van der Waals surface area contributed by atoms with E-state index in [-0.39, 0.29) is 30.4 Å². The first-order valence-electron chi connectivity index (χ1n) is 8.79. The predicted molar refractivity (Wildman–Crippen MR) is 111 cm³/mol. The molecular formula is C18H19BrN4O5S.